The topological polar surface area (TPSA) is 31.9 Å². The summed E-state index contributed by atoms with van der Waals surface area (Å²) in [6.45, 7) is 7.82. The summed E-state index contributed by atoms with van der Waals surface area (Å²) < 4.78 is 40.1. The molecule has 1 aromatic heterocycles. The second-order valence-corrected chi connectivity index (χ2v) is 7.36. The van der Waals surface area contributed by atoms with Crippen LogP contribution in [-0.2, 0) is 19.1 Å². The Labute approximate surface area is 153 Å². The van der Waals surface area contributed by atoms with Crippen LogP contribution in [-0.4, -0.2) is 28.7 Å². The highest BCUT2D eigenvalue weighted by molar-refractivity contribution is 5.65. The average molecular weight is 367 g/mol. The van der Waals surface area contributed by atoms with Crippen LogP contribution in [0.1, 0.15) is 50.3 Å². The van der Waals surface area contributed by atoms with E-state index in [-0.39, 0.29) is 0 Å². The average Bonchev–Trinajstić information content (AvgIpc) is 3.00. The van der Waals surface area contributed by atoms with Crippen molar-refractivity contribution in [2.24, 2.45) is 5.92 Å². The summed E-state index contributed by atoms with van der Waals surface area (Å²) in [5, 5.41) is 6.97. The Morgan fingerprint density at radius 2 is 1.92 bits per heavy atom. The molecular weight excluding hydrogens is 339 g/mol. The number of aryl methyl sites for hydroxylation is 1. The maximum atomic E-state index is 13.4. The monoisotopic (exact) mass is 367 g/mol. The van der Waals surface area contributed by atoms with Crippen LogP contribution in [0.3, 0.4) is 0 Å². The number of halogens is 3. The lowest BCUT2D eigenvalue weighted by atomic mass is 9.96. The fourth-order valence-corrected chi connectivity index (χ4v) is 3.03. The standard InChI is InChI=1S/C20H28F3N3/c1-5-8-26(4)13-17-12-24-25-19(17)16-9-15(7-6-14(2)3)10-18(11-16)20(21,22)23/h9-12,14H,5-8,13H2,1-4H3,(H,24,25). The van der Waals surface area contributed by atoms with Crippen LogP contribution in [0.4, 0.5) is 13.2 Å². The third kappa shape index (κ3) is 5.59. The van der Waals surface area contributed by atoms with Gasteiger partial charge in [-0.05, 0) is 62.5 Å². The smallest absolute Gasteiger partial charge is 0.302 e. The van der Waals surface area contributed by atoms with Gasteiger partial charge in [-0.25, -0.2) is 0 Å². The predicted octanol–water partition coefficient (Wildman–Crippen LogP) is 5.53. The molecule has 2 aromatic rings. The Hall–Kier alpha value is -1.82. The molecule has 0 spiro atoms. The number of nitrogens with zero attached hydrogens (tertiary/aromatic N) is 2. The molecule has 1 N–H and O–H groups in total. The number of hydrogen-bond donors (Lipinski definition) is 1. The molecule has 2 rings (SSSR count). The molecule has 0 saturated carbocycles. The lowest BCUT2D eigenvalue weighted by Crippen LogP contribution is -2.18. The summed E-state index contributed by atoms with van der Waals surface area (Å²) in [6, 6.07) is 4.34. The zero-order valence-electron chi connectivity index (χ0n) is 16.0. The zero-order valence-corrected chi connectivity index (χ0v) is 16.0. The van der Waals surface area contributed by atoms with Crippen molar-refractivity contribution in [2.45, 2.75) is 52.8 Å². The lowest BCUT2D eigenvalue weighted by Gasteiger charge is -2.16. The molecule has 0 fully saturated rings. The molecule has 144 valence electrons. The molecule has 6 heteroatoms. The number of aromatic nitrogens is 2. The van der Waals surface area contributed by atoms with Gasteiger partial charge in [-0.1, -0.05) is 20.8 Å². The van der Waals surface area contributed by atoms with Gasteiger partial charge in [-0.15, -0.1) is 0 Å². The quantitative estimate of drug-likeness (QED) is 0.666. The molecule has 1 heterocycles. The Morgan fingerprint density at radius 3 is 2.54 bits per heavy atom. The number of rotatable bonds is 8. The molecule has 3 nitrogen and oxygen atoms in total. The molecule has 26 heavy (non-hydrogen) atoms. The van der Waals surface area contributed by atoms with Gasteiger partial charge >= 0.3 is 6.18 Å². The third-order valence-corrected chi connectivity index (χ3v) is 4.38. The van der Waals surface area contributed by atoms with Crippen molar-refractivity contribution in [1.29, 1.82) is 0 Å². The highest BCUT2D eigenvalue weighted by Crippen LogP contribution is 2.34. The number of alkyl halides is 3. The van der Waals surface area contributed by atoms with Gasteiger partial charge in [0.15, 0.2) is 0 Å². The first-order chi connectivity index (χ1) is 12.2. The van der Waals surface area contributed by atoms with Crippen LogP contribution >= 0.6 is 0 Å². The van der Waals surface area contributed by atoms with E-state index in [9.17, 15) is 13.2 Å². The molecule has 0 aliphatic heterocycles. The van der Waals surface area contributed by atoms with Crippen LogP contribution in [0.5, 0.6) is 0 Å². The highest BCUT2D eigenvalue weighted by Gasteiger charge is 2.31. The Balaban J connectivity index is 2.39. The van der Waals surface area contributed by atoms with E-state index in [1.165, 1.54) is 12.1 Å². The van der Waals surface area contributed by atoms with Crippen molar-refractivity contribution in [3.63, 3.8) is 0 Å². The highest BCUT2D eigenvalue weighted by atomic mass is 19.4. The van der Waals surface area contributed by atoms with Crippen LogP contribution in [0.15, 0.2) is 24.4 Å². The molecule has 1 aromatic carbocycles. The zero-order chi connectivity index (χ0) is 19.3. The molecule has 0 atom stereocenters. The number of nitrogens with one attached hydrogen (secondary N) is 1. The van der Waals surface area contributed by atoms with Gasteiger partial charge in [0, 0.05) is 17.7 Å². The van der Waals surface area contributed by atoms with Crippen molar-refractivity contribution in [2.75, 3.05) is 13.6 Å². The molecule has 0 radical (unpaired) electrons. The molecule has 0 unspecified atom stereocenters. The van der Waals surface area contributed by atoms with Gasteiger partial charge < -0.3 is 4.90 Å². The molecule has 0 amide bonds. The van der Waals surface area contributed by atoms with Gasteiger partial charge in [0.05, 0.1) is 17.5 Å². The summed E-state index contributed by atoms with van der Waals surface area (Å²) in [4.78, 5) is 2.14. The first-order valence-electron chi connectivity index (χ1n) is 9.13. The van der Waals surface area contributed by atoms with E-state index in [1.54, 1.807) is 6.20 Å². The van der Waals surface area contributed by atoms with E-state index in [1.807, 2.05) is 13.1 Å². The van der Waals surface area contributed by atoms with Crippen molar-refractivity contribution < 1.29 is 13.2 Å². The first kappa shape index (κ1) is 20.5. The number of hydrogen-bond acceptors (Lipinski definition) is 2. The minimum absolute atomic E-state index is 0.443. The summed E-state index contributed by atoms with van der Waals surface area (Å²) >= 11 is 0. The number of H-pyrrole nitrogens is 1. The Bertz CT molecular complexity index is 705. The largest absolute Gasteiger partial charge is 0.416 e. The van der Waals surface area contributed by atoms with E-state index in [2.05, 4.69) is 35.9 Å². The first-order valence-corrected chi connectivity index (χ1v) is 9.13. The molecule has 0 saturated heterocycles. The number of aromatic amines is 1. The third-order valence-electron chi connectivity index (χ3n) is 4.38. The van der Waals surface area contributed by atoms with Gasteiger partial charge in [-0.2, -0.15) is 18.3 Å². The van der Waals surface area contributed by atoms with Crippen LogP contribution in [0.25, 0.3) is 11.3 Å². The molecule has 0 bridgehead atoms. The molecular formula is C20H28F3N3. The second-order valence-electron chi connectivity index (χ2n) is 7.36. The summed E-state index contributed by atoms with van der Waals surface area (Å²) in [5.41, 5.74) is 2.25. The summed E-state index contributed by atoms with van der Waals surface area (Å²) in [7, 11) is 2.00. The molecule has 0 aliphatic carbocycles. The van der Waals surface area contributed by atoms with E-state index in [0.29, 0.717) is 35.7 Å². The Morgan fingerprint density at radius 1 is 1.19 bits per heavy atom. The SMILES string of the molecule is CCCN(C)Cc1cn[nH]c1-c1cc(CCC(C)C)cc(C(F)(F)F)c1. The Kier molecular flexibility index (Phi) is 6.87. The van der Waals surface area contributed by atoms with Crippen molar-refractivity contribution in [3.8, 4) is 11.3 Å². The normalized spacial score (nSPS) is 12.3. The summed E-state index contributed by atoms with van der Waals surface area (Å²) in [5.74, 6) is 0.443. The predicted molar refractivity (Wildman–Crippen MR) is 98.8 cm³/mol. The van der Waals surface area contributed by atoms with Crippen LogP contribution in [0, 0.1) is 5.92 Å². The lowest BCUT2D eigenvalue weighted by molar-refractivity contribution is -0.137. The van der Waals surface area contributed by atoms with E-state index in [0.717, 1.165) is 24.9 Å². The minimum Gasteiger partial charge on any atom is -0.302 e. The molecule has 0 aliphatic rings. The minimum atomic E-state index is -4.36. The summed E-state index contributed by atoms with van der Waals surface area (Å²) in [6.07, 6.45) is -0.145. The van der Waals surface area contributed by atoms with Crippen molar-refractivity contribution >= 4 is 0 Å². The van der Waals surface area contributed by atoms with Crippen LogP contribution < -0.4 is 0 Å². The van der Waals surface area contributed by atoms with Crippen molar-refractivity contribution in [1.82, 2.24) is 15.1 Å². The van der Waals surface area contributed by atoms with E-state index in [4.69, 9.17) is 0 Å². The maximum absolute atomic E-state index is 13.4. The van der Waals surface area contributed by atoms with Gasteiger partial charge in [0.2, 0.25) is 0 Å². The van der Waals surface area contributed by atoms with Gasteiger partial charge in [-0.3, -0.25) is 5.10 Å². The second kappa shape index (κ2) is 8.71. The van der Waals surface area contributed by atoms with Gasteiger partial charge in [0.1, 0.15) is 0 Å². The van der Waals surface area contributed by atoms with E-state index < -0.39 is 11.7 Å². The van der Waals surface area contributed by atoms with Gasteiger partial charge in [0.25, 0.3) is 0 Å². The maximum Gasteiger partial charge on any atom is 0.416 e. The van der Waals surface area contributed by atoms with Crippen molar-refractivity contribution in [3.05, 3.63) is 41.1 Å². The fourth-order valence-electron chi connectivity index (χ4n) is 3.03. The van der Waals surface area contributed by atoms with Crippen LogP contribution in [0.2, 0.25) is 0 Å². The van der Waals surface area contributed by atoms with E-state index >= 15 is 0 Å². The number of benzene rings is 1. The fraction of sp³-hybridized carbons (Fsp3) is 0.550.